The maximum absolute atomic E-state index is 12.6. The number of hydrogen-bond donors (Lipinski definition) is 4. The van der Waals surface area contributed by atoms with Crippen LogP contribution in [0.4, 0.5) is 10.5 Å². The molecule has 0 radical (unpaired) electrons. The van der Waals surface area contributed by atoms with E-state index in [2.05, 4.69) is 23.1 Å². The highest BCUT2D eigenvalue weighted by molar-refractivity contribution is 5.76. The van der Waals surface area contributed by atoms with Gasteiger partial charge in [-0.2, -0.15) is 0 Å². The molecule has 0 aliphatic rings. The Bertz CT molecular complexity index is 817. The van der Waals surface area contributed by atoms with Gasteiger partial charge in [0.05, 0.1) is 5.70 Å². The largest absolute Gasteiger partial charge is 0.441 e. The SMILES string of the molecule is CC.CC.CCC/C(NC(=O)OC(C)c1ccccc1C)=C(\NNC)c1ccc(N)cc1. The van der Waals surface area contributed by atoms with Crippen molar-refractivity contribution in [1.29, 1.82) is 0 Å². The number of nitrogens with two attached hydrogens (primary N) is 1. The van der Waals surface area contributed by atoms with Crippen LogP contribution >= 0.6 is 0 Å². The van der Waals surface area contributed by atoms with Gasteiger partial charge in [0.2, 0.25) is 0 Å². The van der Waals surface area contributed by atoms with Crippen LogP contribution in [0.15, 0.2) is 54.2 Å². The van der Waals surface area contributed by atoms with Crippen LogP contribution in [0, 0.1) is 6.92 Å². The van der Waals surface area contributed by atoms with E-state index in [0.717, 1.165) is 34.5 Å². The lowest BCUT2D eigenvalue weighted by Gasteiger charge is -2.20. The van der Waals surface area contributed by atoms with Gasteiger partial charge in [-0.15, -0.1) is 0 Å². The molecule has 2 aromatic carbocycles. The number of carbonyl (C=O) groups excluding carboxylic acids is 1. The molecule has 2 rings (SSSR count). The van der Waals surface area contributed by atoms with E-state index < -0.39 is 6.09 Å². The minimum absolute atomic E-state index is 0.346. The predicted molar refractivity (Wildman–Crippen MR) is 137 cm³/mol. The van der Waals surface area contributed by atoms with Gasteiger partial charge >= 0.3 is 6.09 Å². The van der Waals surface area contributed by atoms with Crippen LogP contribution in [-0.4, -0.2) is 13.1 Å². The first-order valence-electron chi connectivity index (χ1n) is 11.5. The average Bonchev–Trinajstić information content (AvgIpc) is 2.81. The first-order valence-corrected chi connectivity index (χ1v) is 11.5. The standard InChI is InChI=1S/C22H30N4O2.2C2H6/c1-5-8-20(21(26-24-4)17-11-13-18(23)14-12-17)25-22(27)28-16(3)19-10-7-6-9-15(19)2;2*1-2/h6-7,9-14,16,24,26H,5,8,23H2,1-4H3,(H,25,27);2*1-2H3/b21-20+;;. The van der Waals surface area contributed by atoms with Gasteiger partial charge in [-0.3, -0.25) is 5.32 Å². The Balaban J connectivity index is 0.00000227. The molecule has 1 amide bonds. The molecule has 0 heterocycles. The molecule has 0 saturated heterocycles. The lowest BCUT2D eigenvalue weighted by atomic mass is 10.0. The van der Waals surface area contributed by atoms with Crippen molar-refractivity contribution in [1.82, 2.24) is 16.2 Å². The van der Waals surface area contributed by atoms with Crippen LogP contribution in [0.25, 0.3) is 5.70 Å². The fraction of sp³-hybridized carbons (Fsp3) is 0.423. The third-order valence-corrected chi connectivity index (χ3v) is 4.41. The zero-order valence-corrected chi connectivity index (χ0v) is 21.0. The Morgan fingerprint density at radius 1 is 1.03 bits per heavy atom. The van der Waals surface area contributed by atoms with Crippen molar-refractivity contribution in [3.63, 3.8) is 0 Å². The Morgan fingerprint density at radius 3 is 2.16 bits per heavy atom. The first kappa shape index (κ1) is 29.0. The maximum atomic E-state index is 12.6. The summed E-state index contributed by atoms with van der Waals surface area (Å²) in [5.74, 6) is 0. The number of hydrazine groups is 1. The molecule has 0 aliphatic carbocycles. The van der Waals surface area contributed by atoms with Crippen molar-refractivity contribution < 1.29 is 9.53 Å². The number of nitrogen functional groups attached to an aromatic ring is 1. The topological polar surface area (TPSA) is 88.4 Å². The normalized spacial score (nSPS) is 11.5. The van der Waals surface area contributed by atoms with E-state index in [1.54, 1.807) is 7.05 Å². The van der Waals surface area contributed by atoms with E-state index >= 15 is 0 Å². The smallest absolute Gasteiger partial charge is 0.412 e. The third kappa shape index (κ3) is 9.43. The van der Waals surface area contributed by atoms with Crippen LogP contribution in [0.2, 0.25) is 0 Å². The molecular weight excluding hydrogens is 400 g/mol. The van der Waals surface area contributed by atoms with Crippen molar-refractivity contribution in [3.05, 3.63) is 70.9 Å². The van der Waals surface area contributed by atoms with Crippen molar-refractivity contribution in [3.8, 4) is 0 Å². The van der Waals surface area contributed by atoms with E-state index in [0.29, 0.717) is 12.1 Å². The van der Waals surface area contributed by atoms with E-state index in [9.17, 15) is 4.79 Å². The summed E-state index contributed by atoms with van der Waals surface area (Å²) in [4.78, 5) is 12.6. The highest BCUT2D eigenvalue weighted by Crippen LogP contribution is 2.22. The number of anilines is 1. The number of nitrogens with one attached hydrogen (secondary N) is 3. The molecule has 5 N–H and O–H groups in total. The number of hydrogen-bond acceptors (Lipinski definition) is 5. The monoisotopic (exact) mass is 442 g/mol. The second-order valence-electron chi connectivity index (χ2n) is 6.63. The van der Waals surface area contributed by atoms with Crippen molar-refractivity contribution in [2.45, 2.75) is 67.4 Å². The number of benzene rings is 2. The Labute approximate surface area is 194 Å². The van der Waals surface area contributed by atoms with Crippen molar-refractivity contribution in [2.75, 3.05) is 12.8 Å². The number of carbonyl (C=O) groups is 1. The van der Waals surface area contributed by atoms with E-state index in [4.69, 9.17) is 10.5 Å². The maximum Gasteiger partial charge on any atom is 0.412 e. The summed E-state index contributed by atoms with van der Waals surface area (Å²) in [6, 6.07) is 15.4. The summed E-state index contributed by atoms with van der Waals surface area (Å²) in [6.07, 6.45) is 0.723. The van der Waals surface area contributed by atoms with E-state index in [-0.39, 0.29) is 6.10 Å². The number of ether oxygens (including phenoxy) is 1. The highest BCUT2D eigenvalue weighted by Gasteiger charge is 2.17. The Kier molecular flexibility index (Phi) is 15.1. The molecule has 178 valence electrons. The van der Waals surface area contributed by atoms with E-state index in [1.165, 1.54) is 0 Å². The van der Waals surface area contributed by atoms with Gasteiger partial charge in [0.1, 0.15) is 6.10 Å². The zero-order valence-electron chi connectivity index (χ0n) is 21.0. The molecule has 1 atom stereocenters. The Hall–Kier alpha value is -2.99. The lowest BCUT2D eigenvalue weighted by molar-refractivity contribution is 0.109. The summed E-state index contributed by atoms with van der Waals surface area (Å²) >= 11 is 0. The van der Waals surface area contributed by atoms with Gasteiger partial charge in [-0.1, -0.05) is 77.4 Å². The van der Waals surface area contributed by atoms with Gasteiger partial charge in [-0.25, -0.2) is 10.2 Å². The van der Waals surface area contributed by atoms with Crippen LogP contribution < -0.4 is 21.9 Å². The van der Waals surface area contributed by atoms with Gasteiger partial charge in [0, 0.05) is 24.0 Å². The number of rotatable bonds is 8. The second-order valence-corrected chi connectivity index (χ2v) is 6.63. The fourth-order valence-corrected chi connectivity index (χ4v) is 3.02. The molecule has 0 aromatic heterocycles. The van der Waals surface area contributed by atoms with Crippen LogP contribution in [-0.2, 0) is 4.74 Å². The number of aryl methyl sites for hydroxylation is 1. The predicted octanol–water partition coefficient (Wildman–Crippen LogP) is 6.31. The molecule has 0 saturated carbocycles. The van der Waals surface area contributed by atoms with Gasteiger partial charge in [-0.05, 0) is 43.5 Å². The summed E-state index contributed by atoms with van der Waals surface area (Å²) in [5, 5.41) is 2.92. The molecule has 2 aromatic rings. The highest BCUT2D eigenvalue weighted by atomic mass is 16.6. The van der Waals surface area contributed by atoms with E-state index in [1.807, 2.05) is 90.1 Å². The average molecular weight is 443 g/mol. The minimum atomic E-state index is -0.481. The first-order chi connectivity index (χ1) is 15.5. The van der Waals surface area contributed by atoms with Crippen LogP contribution in [0.3, 0.4) is 0 Å². The summed E-state index contributed by atoms with van der Waals surface area (Å²) in [7, 11) is 1.78. The zero-order chi connectivity index (χ0) is 24.5. The van der Waals surface area contributed by atoms with Crippen LogP contribution in [0.1, 0.15) is 77.2 Å². The molecule has 0 bridgehead atoms. The van der Waals surface area contributed by atoms with Gasteiger partial charge in [0.25, 0.3) is 0 Å². The summed E-state index contributed by atoms with van der Waals surface area (Å²) < 4.78 is 5.62. The van der Waals surface area contributed by atoms with Crippen molar-refractivity contribution in [2.24, 2.45) is 0 Å². The minimum Gasteiger partial charge on any atom is -0.441 e. The Morgan fingerprint density at radius 2 is 1.62 bits per heavy atom. The van der Waals surface area contributed by atoms with Gasteiger partial charge < -0.3 is 15.9 Å². The van der Waals surface area contributed by atoms with Crippen molar-refractivity contribution >= 4 is 17.5 Å². The second kappa shape index (κ2) is 16.7. The summed E-state index contributed by atoms with van der Waals surface area (Å²) in [5.41, 5.74) is 17.1. The fourth-order valence-electron chi connectivity index (χ4n) is 3.02. The molecular formula is C26H42N4O2. The number of allylic oxidation sites excluding steroid dienone is 1. The molecule has 0 spiro atoms. The molecule has 1 unspecified atom stereocenters. The quantitative estimate of drug-likeness (QED) is 0.284. The van der Waals surface area contributed by atoms with Crippen LogP contribution in [0.5, 0.6) is 0 Å². The molecule has 6 heteroatoms. The lowest BCUT2D eigenvalue weighted by Crippen LogP contribution is -2.32. The number of amides is 1. The molecule has 0 aliphatic heterocycles. The molecule has 6 nitrogen and oxygen atoms in total. The third-order valence-electron chi connectivity index (χ3n) is 4.41. The number of alkyl carbamates (subject to hydrolysis) is 1. The molecule has 0 fully saturated rings. The summed E-state index contributed by atoms with van der Waals surface area (Å²) in [6.45, 7) is 13.9. The molecule has 32 heavy (non-hydrogen) atoms. The van der Waals surface area contributed by atoms with Gasteiger partial charge in [0.15, 0.2) is 0 Å².